The summed E-state index contributed by atoms with van der Waals surface area (Å²) < 4.78 is 0. The van der Waals surface area contributed by atoms with Gasteiger partial charge in [0.1, 0.15) is 6.61 Å². The molecular weight excluding hydrogens is 130 g/mol. The molecule has 1 fully saturated rings. The van der Waals surface area contributed by atoms with Crippen LogP contribution in [0.2, 0.25) is 0 Å². The Morgan fingerprint density at radius 2 is 2.40 bits per heavy atom. The highest BCUT2D eigenvalue weighted by Crippen LogP contribution is 2.08. The molecule has 1 amide bonds. The van der Waals surface area contributed by atoms with Crippen molar-refractivity contribution in [3.05, 3.63) is 12.3 Å². The van der Waals surface area contributed by atoms with Crippen LogP contribution < -0.4 is 0 Å². The van der Waals surface area contributed by atoms with Crippen molar-refractivity contribution in [1.82, 2.24) is 4.90 Å². The zero-order valence-electron chi connectivity index (χ0n) is 5.75. The first-order chi connectivity index (χ1) is 4.84. The van der Waals surface area contributed by atoms with E-state index in [1.807, 2.05) is 0 Å². The molecule has 3 nitrogen and oxygen atoms in total. The van der Waals surface area contributed by atoms with Gasteiger partial charge in [0.15, 0.2) is 0 Å². The first-order valence-corrected chi connectivity index (χ1v) is 3.39. The topological polar surface area (TPSA) is 40.2 Å². The summed E-state index contributed by atoms with van der Waals surface area (Å²) in [5.74, 6) is 0.129. The molecule has 0 aliphatic carbocycles. The van der Waals surface area contributed by atoms with Gasteiger partial charge in [0, 0.05) is 19.2 Å². The first-order valence-electron chi connectivity index (χ1n) is 3.39. The maximum atomic E-state index is 10.9. The lowest BCUT2D eigenvalue weighted by molar-refractivity contribution is -0.125. The summed E-state index contributed by atoms with van der Waals surface area (Å²) in [6, 6.07) is 0. The summed E-state index contributed by atoms with van der Waals surface area (Å²) in [5, 5.41) is 9.97. The Labute approximate surface area is 59.9 Å². The van der Waals surface area contributed by atoms with E-state index in [2.05, 4.69) is 0 Å². The molecule has 1 rings (SSSR count). The van der Waals surface area contributed by atoms with Gasteiger partial charge in [-0.1, -0.05) is 0 Å². The Balaban J connectivity index is 2.40. The molecule has 55 valence electrons. The third-order valence-electron chi connectivity index (χ3n) is 1.49. The predicted molar refractivity (Wildman–Crippen MR) is 35.6 cm³/mol. The van der Waals surface area contributed by atoms with Crippen LogP contribution in [0.15, 0.2) is 12.3 Å². The van der Waals surface area contributed by atoms with Crippen molar-refractivity contribution in [2.45, 2.75) is 12.8 Å². The maximum Gasteiger partial charge on any atom is 0.226 e. The predicted octanol–water partition coefficient (Wildman–Crippen LogP) is 0.553. The second-order valence-electron chi connectivity index (χ2n) is 2.24. The number of carbonyl (C=O) groups is 1. The highest BCUT2D eigenvalue weighted by atomic mass is 16.2. The molecule has 1 heterocycles. The van der Waals surface area contributed by atoms with E-state index in [-0.39, 0.29) is 12.5 Å². The zero-order chi connectivity index (χ0) is 7.40. The van der Waals surface area contributed by atoms with Crippen molar-refractivity contribution in [3.8, 4) is 0 Å². The normalized spacial score (nSPS) is 19.3. The Kier molecular flexibility index (Phi) is 2.45. The van der Waals surface area contributed by atoms with Gasteiger partial charge in [-0.05, 0) is 12.5 Å². The molecular formula is C7H10NO2. The zero-order valence-corrected chi connectivity index (χ0v) is 5.75. The number of hydrogen-bond acceptors (Lipinski definition) is 1. The molecule has 0 atom stereocenters. The number of nitrogens with zero attached hydrogens (tertiary/aromatic N) is 1. The minimum absolute atomic E-state index is 0.129. The van der Waals surface area contributed by atoms with Gasteiger partial charge in [0.25, 0.3) is 0 Å². The van der Waals surface area contributed by atoms with Crippen molar-refractivity contribution in [2.24, 2.45) is 0 Å². The second-order valence-corrected chi connectivity index (χ2v) is 2.24. The molecule has 0 bridgehead atoms. The van der Waals surface area contributed by atoms with Crippen LogP contribution in [0, 0.1) is 0 Å². The van der Waals surface area contributed by atoms with Gasteiger partial charge in [0.05, 0.1) is 0 Å². The van der Waals surface area contributed by atoms with E-state index in [9.17, 15) is 9.90 Å². The molecule has 0 aromatic carbocycles. The highest BCUT2D eigenvalue weighted by Gasteiger charge is 2.16. The molecule has 1 saturated heterocycles. The van der Waals surface area contributed by atoms with Crippen LogP contribution in [0.25, 0.3) is 0 Å². The summed E-state index contributed by atoms with van der Waals surface area (Å²) in [7, 11) is 0. The van der Waals surface area contributed by atoms with Gasteiger partial charge >= 0.3 is 0 Å². The third-order valence-corrected chi connectivity index (χ3v) is 1.49. The Bertz CT molecular complexity index is 154. The molecule has 0 spiro atoms. The Hall–Kier alpha value is -0.830. The Morgan fingerprint density at radius 3 is 2.90 bits per heavy atom. The van der Waals surface area contributed by atoms with Gasteiger partial charge < -0.3 is 4.90 Å². The van der Waals surface area contributed by atoms with Crippen LogP contribution in [0.4, 0.5) is 0 Å². The summed E-state index contributed by atoms with van der Waals surface area (Å²) in [5.41, 5.74) is 0. The smallest absolute Gasteiger partial charge is 0.226 e. The van der Waals surface area contributed by atoms with E-state index in [1.165, 1.54) is 6.08 Å². The van der Waals surface area contributed by atoms with E-state index in [4.69, 9.17) is 0 Å². The SMILES string of the molecule is [O]C/C=C/N1CCCC1=O. The summed E-state index contributed by atoms with van der Waals surface area (Å²) in [4.78, 5) is 12.4. The maximum absolute atomic E-state index is 10.9. The van der Waals surface area contributed by atoms with Crippen molar-refractivity contribution in [1.29, 1.82) is 0 Å². The number of carbonyl (C=O) groups excluding carboxylic acids is 1. The van der Waals surface area contributed by atoms with Crippen LogP contribution in [-0.4, -0.2) is 24.0 Å². The van der Waals surface area contributed by atoms with Crippen molar-refractivity contribution >= 4 is 5.91 Å². The van der Waals surface area contributed by atoms with E-state index < -0.39 is 0 Å². The van der Waals surface area contributed by atoms with Gasteiger partial charge in [-0.3, -0.25) is 4.79 Å². The first kappa shape index (κ1) is 7.28. The molecule has 0 unspecified atom stereocenters. The van der Waals surface area contributed by atoms with Gasteiger partial charge in [-0.2, -0.15) is 0 Å². The molecule has 0 aromatic heterocycles. The van der Waals surface area contributed by atoms with E-state index in [0.717, 1.165) is 13.0 Å². The number of rotatable bonds is 2. The lowest BCUT2D eigenvalue weighted by Gasteiger charge is -2.06. The minimum Gasteiger partial charge on any atom is -0.319 e. The van der Waals surface area contributed by atoms with Crippen LogP contribution in [-0.2, 0) is 9.90 Å². The van der Waals surface area contributed by atoms with Crippen molar-refractivity contribution in [2.75, 3.05) is 13.2 Å². The van der Waals surface area contributed by atoms with Crippen molar-refractivity contribution < 1.29 is 9.90 Å². The van der Waals surface area contributed by atoms with Crippen molar-refractivity contribution in [3.63, 3.8) is 0 Å². The van der Waals surface area contributed by atoms with Crippen LogP contribution >= 0.6 is 0 Å². The molecule has 1 aliphatic rings. The lowest BCUT2D eigenvalue weighted by atomic mass is 10.4. The highest BCUT2D eigenvalue weighted by molar-refractivity contribution is 5.79. The van der Waals surface area contributed by atoms with Crippen LogP contribution in [0.1, 0.15) is 12.8 Å². The lowest BCUT2D eigenvalue weighted by Crippen LogP contribution is -2.17. The van der Waals surface area contributed by atoms with Crippen LogP contribution in [0.3, 0.4) is 0 Å². The summed E-state index contributed by atoms with van der Waals surface area (Å²) in [6.45, 7) is 0.527. The molecule has 0 N–H and O–H groups in total. The fourth-order valence-corrected chi connectivity index (χ4v) is 0.997. The molecule has 3 heteroatoms. The van der Waals surface area contributed by atoms with E-state index in [1.54, 1.807) is 11.1 Å². The molecule has 0 saturated carbocycles. The number of likely N-dealkylation sites (tertiary alicyclic amines) is 1. The fraction of sp³-hybridized carbons (Fsp3) is 0.571. The van der Waals surface area contributed by atoms with Gasteiger partial charge in [-0.15, -0.1) is 0 Å². The van der Waals surface area contributed by atoms with Crippen LogP contribution in [0.5, 0.6) is 0 Å². The van der Waals surface area contributed by atoms with E-state index in [0.29, 0.717) is 6.42 Å². The van der Waals surface area contributed by atoms with Gasteiger partial charge in [0.2, 0.25) is 5.91 Å². The number of amides is 1. The summed E-state index contributed by atoms with van der Waals surface area (Å²) in [6.07, 6.45) is 4.59. The third kappa shape index (κ3) is 1.57. The van der Waals surface area contributed by atoms with E-state index >= 15 is 0 Å². The molecule has 1 aliphatic heterocycles. The largest absolute Gasteiger partial charge is 0.319 e. The fourth-order valence-electron chi connectivity index (χ4n) is 0.997. The monoisotopic (exact) mass is 140 g/mol. The second kappa shape index (κ2) is 3.37. The number of hydrogen-bond donors (Lipinski definition) is 0. The molecule has 1 radical (unpaired) electrons. The summed E-state index contributed by atoms with van der Waals surface area (Å²) >= 11 is 0. The van der Waals surface area contributed by atoms with Gasteiger partial charge in [-0.25, -0.2) is 5.11 Å². The Morgan fingerprint density at radius 1 is 1.60 bits per heavy atom. The average Bonchev–Trinajstić information content (AvgIpc) is 2.31. The minimum atomic E-state index is -0.246. The average molecular weight is 140 g/mol. The standard InChI is InChI=1S/C7H10NO2/c9-6-2-5-8-4-1-3-7(8)10/h2,5H,1,3-4,6H2/b5-2+. The molecule has 10 heavy (non-hydrogen) atoms. The quantitative estimate of drug-likeness (QED) is 0.552. The molecule has 0 aromatic rings.